The van der Waals surface area contributed by atoms with Gasteiger partial charge in [-0.1, -0.05) is 47.1 Å². The third kappa shape index (κ3) is 5.43. The standard InChI is InChI=1S/C23H25ClN4O4S/c1-16-26-22(27-32-16)18-9-10-20(24)21(14-18)33(30,31)28-13-5-8-19(15-28)23(29)25-12-11-17-6-3-2-4-7-17/h2-4,6-7,9-10,14,19H,5,8,11-13,15H2,1H3,(H,25,29). The van der Waals surface area contributed by atoms with Crippen LogP contribution in [0.5, 0.6) is 0 Å². The number of rotatable bonds is 7. The number of nitrogens with one attached hydrogen (secondary N) is 1. The maximum Gasteiger partial charge on any atom is 0.244 e. The van der Waals surface area contributed by atoms with E-state index in [1.807, 2.05) is 30.3 Å². The number of amides is 1. The van der Waals surface area contributed by atoms with E-state index in [1.54, 1.807) is 13.0 Å². The lowest BCUT2D eigenvalue weighted by atomic mass is 9.99. The van der Waals surface area contributed by atoms with E-state index in [0.29, 0.717) is 37.4 Å². The molecule has 0 bridgehead atoms. The van der Waals surface area contributed by atoms with Gasteiger partial charge >= 0.3 is 0 Å². The monoisotopic (exact) mass is 488 g/mol. The Morgan fingerprint density at radius 1 is 1.24 bits per heavy atom. The Labute approximate surface area is 198 Å². The second-order valence-electron chi connectivity index (χ2n) is 8.01. The Hall–Kier alpha value is -2.75. The Morgan fingerprint density at radius 3 is 2.76 bits per heavy atom. The number of benzene rings is 2. The second kappa shape index (κ2) is 10.0. The Morgan fingerprint density at radius 2 is 2.03 bits per heavy atom. The fourth-order valence-corrected chi connectivity index (χ4v) is 5.91. The minimum Gasteiger partial charge on any atom is -0.355 e. The van der Waals surface area contributed by atoms with Gasteiger partial charge in [0.2, 0.25) is 27.6 Å². The van der Waals surface area contributed by atoms with Gasteiger partial charge in [-0.3, -0.25) is 4.79 Å². The fourth-order valence-electron chi connectivity index (χ4n) is 3.89. The maximum atomic E-state index is 13.4. The van der Waals surface area contributed by atoms with E-state index in [-0.39, 0.29) is 28.2 Å². The van der Waals surface area contributed by atoms with Gasteiger partial charge in [-0.2, -0.15) is 9.29 Å². The first-order valence-corrected chi connectivity index (χ1v) is 12.6. The first-order chi connectivity index (χ1) is 15.8. The van der Waals surface area contributed by atoms with E-state index in [0.717, 1.165) is 12.0 Å². The highest BCUT2D eigenvalue weighted by Crippen LogP contribution is 2.31. The van der Waals surface area contributed by atoms with Gasteiger partial charge in [0.15, 0.2) is 0 Å². The first kappa shape index (κ1) is 23.4. The quantitative estimate of drug-likeness (QED) is 0.546. The van der Waals surface area contributed by atoms with Gasteiger partial charge in [-0.25, -0.2) is 8.42 Å². The maximum absolute atomic E-state index is 13.4. The second-order valence-corrected chi connectivity index (χ2v) is 10.3. The SMILES string of the molecule is Cc1nc(-c2ccc(Cl)c(S(=O)(=O)N3CCCC(C(=O)NCCc4ccccc4)C3)c2)no1. The summed E-state index contributed by atoms with van der Waals surface area (Å²) in [6, 6.07) is 14.5. The molecule has 0 saturated carbocycles. The largest absolute Gasteiger partial charge is 0.355 e. The number of aromatic nitrogens is 2. The minimum absolute atomic E-state index is 0.0331. The summed E-state index contributed by atoms with van der Waals surface area (Å²) in [4.78, 5) is 16.8. The van der Waals surface area contributed by atoms with Crippen LogP contribution < -0.4 is 5.32 Å². The predicted molar refractivity (Wildman–Crippen MR) is 124 cm³/mol. The fraction of sp³-hybridized carbons (Fsp3) is 0.348. The van der Waals surface area contributed by atoms with Crippen LogP contribution in [0.3, 0.4) is 0 Å². The molecule has 0 aliphatic carbocycles. The molecule has 1 aromatic heterocycles. The van der Waals surface area contributed by atoms with Crippen molar-refractivity contribution in [3.8, 4) is 11.4 Å². The number of hydrogen-bond donors (Lipinski definition) is 1. The molecular formula is C23H25ClN4O4S. The summed E-state index contributed by atoms with van der Waals surface area (Å²) in [5.74, 6) is 0.121. The zero-order valence-electron chi connectivity index (χ0n) is 18.2. The molecule has 10 heteroatoms. The van der Waals surface area contributed by atoms with Crippen molar-refractivity contribution in [1.29, 1.82) is 0 Å². The Bertz CT molecular complexity index is 1230. The normalized spacial score (nSPS) is 17.1. The van der Waals surface area contributed by atoms with E-state index < -0.39 is 15.9 Å². The molecule has 2 aromatic carbocycles. The molecule has 1 aliphatic heterocycles. The predicted octanol–water partition coefficient (Wildman–Crippen LogP) is 3.46. The van der Waals surface area contributed by atoms with E-state index >= 15 is 0 Å². The van der Waals surface area contributed by atoms with Gasteiger partial charge < -0.3 is 9.84 Å². The average Bonchev–Trinajstić information content (AvgIpc) is 3.26. The number of piperidine rings is 1. The number of hydrogen-bond acceptors (Lipinski definition) is 6. The smallest absolute Gasteiger partial charge is 0.244 e. The van der Waals surface area contributed by atoms with Gasteiger partial charge in [0.1, 0.15) is 4.90 Å². The van der Waals surface area contributed by atoms with E-state index in [2.05, 4.69) is 15.5 Å². The van der Waals surface area contributed by atoms with Crippen molar-refractivity contribution in [2.24, 2.45) is 5.92 Å². The van der Waals surface area contributed by atoms with Crippen LogP contribution in [0.4, 0.5) is 0 Å². The molecule has 1 fully saturated rings. The summed E-state index contributed by atoms with van der Waals surface area (Å²) >= 11 is 6.27. The molecular weight excluding hydrogens is 464 g/mol. The molecule has 8 nitrogen and oxygen atoms in total. The van der Waals surface area contributed by atoms with Gasteiger partial charge in [0.05, 0.1) is 10.9 Å². The van der Waals surface area contributed by atoms with Crippen LogP contribution in [-0.4, -0.2) is 48.4 Å². The molecule has 2 heterocycles. The van der Waals surface area contributed by atoms with Crippen LogP contribution in [0.15, 0.2) is 57.9 Å². The van der Waals surface area contributed by atoms with Crippen molar-refractivity contribution < 1.29 is 17.7 Å². The lowest BCUT2D eigenvalue weighted by Gasteiger charge is -2.31. The van der Waals surface area contributed by atoms with Gasteiger partial charge in [-0.15, -0.1) is 0 Å². The zero-order chi connectivity index (χ0) is 23.4. The summed E-state index contributed by atoms with van der Waals surface area (Å²) in [5, 5.41) is 6.89. The first-order valence-electron chi connectivity index (χ1n) is 10.8. The third-order valence-electron chi connectivity index (χ3n) is 5.65. The summed E-state index contributed by atoms with van der Waals surface area (Å²) < 4.78 is 33.2. The summed E-state index contributed by atoms with van der Waals surface area (Å²) in [6.45, 7) is 2.60. The lowest BCUT2D eigenvalue weighted by Crippen LogP contribution is -2.45. The molecule has 174 valence electrons. The van der Waals surface area contributed by atoms with Crippen LogP contribution in [0.1, 0.15) is 24.3 Å². The molecule has 33 heavy (non-hydrogen) atoms. The van der Waals surface area contributed by atoms with Crippen molar-refractivity contribution in [3.05, 3.63) is 65.0 Å². The van der Waals surface area contributed by atoms with Crippen molar-refractivity contribution in [3.63, 3.8) is 0 Å². The van der Waals surface area contributed by atoms with Gasteiger partial charge in [0.25, 0.3) is 0 Å². The van der Waals surface area contributed by atoms with Crippen molar-refractivity contribution in [2.75, 3.05) is 19.6 Å². The highest BCUT2D eigenvalue weighted by Gasteiger charge is 2.34. The van der Waals surface area contributed by atoms with E-state index in [4.69, 9.17) is 16.1 Å². The van der Waals surface area contributed by atoms with Crippen LogP contribution in [-0.2, 0) is 21.2 Å². The van der Waals surface area contributed by atoms with Gasteiger partial charge in [-0.05, 0) is 43.0 Å². The molecule has 1 aliphatic rings. The van der Waals surface area contributed by atoms with Crippen LogP contribution in [0.25, 0.3) is 11.4 Å². The molecule has 1 atom stereocenters. The summed E-state index contributed by atoms with van der Waals surface area (Å²) in [7, 11) is -3.91. The van der Waals surface area contributed by atoms with Crippen LogP contribution in [0.2, 0.25) is 5.02 Å². The van der Waals surface area contributed by atoms with Crippen LogP contribution in [0, 0.1) is 12.8 Å². The Balaban J connectivity index is 1.45. The average molecular weight is 489 g/mol. The highest BCUT2D eigenvalue weighted by molar-refractivity contribution is 7.89. The topological polar surface area (TPSA) is 105 Å². The highest BCUT2D eigenvalue weighted by atomic mass is 35.5. The molecule has 1 unspecified atom stereocenters. The third-order valence-corrected chi connectivity index (χ3v) is 7.99. The number of halogens is 1. The molecule has 0 spiro atoms. The number of carbonyl (C=O) groups excluding carboxylic acids is 1. The van der Waals surface area contributed by atoms with E-state index in [9.17, 15) is 13.2 Å². The number of nitrogens with zero attached hydrogens (tertiary/aromatic N) is 3. The summed E-state index contributed by atoms with van der Waals surface area (Å²) in [6.07, 6.45) is 1.95. The van der Waals surface area contributed by atoms with Crippen molar-refractivity contribution in [2.45, 2.75) is 31.1 Å². The number of sulfonamides is 1. The molecule has 0 radical (unpaired) electrons. The zero-order valence-corrected chi connectivity index (χ0v) is 19.8. The lowest BCUT2D eigenvalue weighted by molar-refractivity contribution is -0.126. The van der Waals surface area contributed by atoms with Crippen molar-refractivity contribution in [1.82, 2.24) is 19.8 Å². The van der Waals surface area contributed by atoms with Crippen molar-refractivity contribution >= 4 is 27.5 Å². The number of carbonyl (C=O) groups is 1. The Kier molecular flexibility index (Phi) is 7.11. The minimum atomic E-state index is -3.91. The molecule has 1 amide bonds. The van der Waals surface area contributed by atoms with Crippen LogP contribution >= 0.6 is 11.6 Å². The van der Waals surface area contributed by atoms with Gasteiger partial charge in [0, 0.05) is 32.1 Å². The number of aryl methyl sites for hydroxylation is 1. The molecule has 1 N–H and O–H groups in total. The molecule has 4 rings (SSSR count). The molecule has 1 saturated heterocycles. The summed E-state index contributed by atoms with van der Waals surface area (Å²) in [5.41, 5.74) is 1.62. The van der Waals surface area contributed by atoms with E-state index in [1.165, 1.54) is 16.4 Å². The molecule has 3 aromatic rings.